The lowest BCUT2D eigenvalue weighted by molar-refractivity contribution is 0.590. The van der Waals surface area contributed by atoms with E-state index in [9.17, 15) is 0 Å². The molecule has 0 amide bonds. The average Bonchev–Trinajstić information content (AvgIpc) is 0.716. The molecule has 20 rings (SSSR count). The summed E-state index contributed by atoms with van der Waals surface area (Å²) < 4.78 is 0. The fraction of sp³-hybridized carbons (Fsp3) is 0.0796. The molecule has 0 radical (unpaired) electrons. The summed E-state index contributed by atoms with van der Waals surface area (Å²) in [4.78, 5) is 0. The highest BCUT2D eigenvalue weighted by atomic mass is 14.3. The zero-order valence-electron chi connectivity index (χ0n) is 63.5. The maximum Gasteiger partial charge on any atom is 0.0334 e. The highest BCUT2D eigenvalue weighted by Gasteiger charge is 2.23. The van der Waals surface area contributed by atoms with E-state index in [1.807, 2.05) is 36.4 Å². The van der Waals surface area contributed by atoms with Crippen LogP contribution in [-0.4, -0.2) is 0 Å². The minimum Gasteiger partial charge on any atom is -0.0776 e. The second-order valence-corrected chi connectivity index (χ2v) is 31.7. The van der Waals surface area contributed by atoms with Crippen molar-refractivity contribution >= 4 is 108 Å². The van der Waals surface area contributed by atoms with E-state index in [-0.39, 0.29) is 18.3 Å². The Morgan fingerprint density at radius 3 is 0.628 bits per heavy atom. The smallest absolute Gasteiger partial charge is 0.0334 e. The Labute approximate surface area is 662 Å². The van der Waals surface area contributed by atoms with Gasteiger partial charge in [0.2, 0.25) is 0 Å². The second-order valence-electron chi connectivity index (χ2n) is 31.7. The predicted octanol–water partition coefficient (Wildman–Crippen LogP) is 29.3. The van der Waals surface area contributed by atoms with E-state index in [1.165, 1.54) is 142 Å². The Morgan fingerprint density at radius 1 is 0.177 bits per heavy atom. The molecule has 113 heavy (non-hydrogen) atoms. The van der Waals surface area contributed by atoms with Crippen molar-refractivity contribution in [2.45, 2.75) is 59.8 Å². The zero-order chi connectivity index (χ0) is 75.6. The Kier molecular flexibility index (Phi) is 18.1. The summed E-state index contributed by atoms with van der Waals surface area (Å²) in [5.74, 6) is 28.7. The van der Waals surface area contributed by atoms with Crippen LogP contribution in [0.3, 0.4) is 0 Å². The summed E-state index contributed by atoms with van der Waals surface area (Å²) >= 11 is 0. The average molecular weight is 1440 g/mol. The van der Waals surface area contributed by atoms with Gasteiger partial charge in [-0.15, -0.1) is 0 Å². The predicted molar refractivity (Wildman–Crippen MR) is 486 cm³/mol. The Morgan fingerprint density at radius 2 is 0.389 bits per heavy atom. The highest BCUT2D eigenvalue weighted by Crippen LogP contribution is 2.48. The molecule has 20 aromatic carbocycles. The molecule has 0 heteroatoms. The summed E-state index contributed by atoms with van der Waals surface area (Å²) in [5.41, 5.74) is 20.3. The number of rotatable bonds is 4. The van der Waals surface area contributed by atoms with Gasteiger partial charge in [-0.25, -0.2) is 0 Å². The van der Waals surface area contributed by atoms with Crippen molar-refractivity contribution in [3.8, 4) is 91.9 Å². The Hall–Kier alpha value is -14.2. The third kappa shape index (κ3) is 13.5. The normalized spacial score (nSPS) is 11.5. The van der Waals surface area contributed by atoms with Gasteiger partial charge in [-0.2, -0.15) is 0 Å². The van der Waals surface area contributed by atoms with E-state index < -0.39 is 0 Å². The van der Waals surface area contributed by atoms with Gasteiger partial charge in [0, 0.05) is 44.5 Å². The molecule has 0 aliphatic heterocycles. The van der Waals surface area contributed by atoms with E-state index in [1.54, 1.807) is 0 Å². The summed E-state index contributed by atoms with van der Waals surface area (Å²) in [5, 5.41) is 24.2. The van der Waals surface area contributed by atoms with Gasteiger partial charge in [0.15, 0.2) is 0 Å². The summed E-state index contributed by atoms with van der Waals surface area (Å²) in [6, 6.07) is 127. The first-order chi connectivity index (χ1) is 54.7. The molecular formula is C113H80. The molecule has 0 aliphatic carbocycles. The van der Waals surface area contributed by atoms with Crippen LogP contribution in [0.2, 0.25) is 0 Å². The quantitative estimate of drug-likeness (QED) is 0.122. The number of hydrogen-bond acceptors (Lipinski definition) is 0. The van der Waals surface area contributed by atoms with Gasteiger partial charge in [-0.1, -0.05) is 351 Å². The van der Waals surface area contributed by atoms with Crippen molar-refractivity contribution < 1.29 is 0 Å². The van der Waals surface area contributed by atoms with Crippen molar-refractivity contribution in [1.82, 2.24) is 0 Å². The molecule has 20 aromatic rings. The standard InChI is InChI=1S/C60H46.C52H30.CH4/c1-59(2,3)49-27-17-39(18-28-49)15-21-47-37-55(45-25-23-41-11-7-9-13-43(41)35-45)53-33-34-54-56(46-26-24-42-12-8-10-14-44(42)36-46)38-48(52-32-31-51(47)57(53)58(52)54)22-16-40-19-29-50(30-20-40)60(4,5)6;1-3-11-35(12-4-1)19-21-43-33-49(41-25-23-37-15-7-9-17-39(37)31-41)47-29-30-48-50(42-26-24-38-16-8-10-18-40(38)32-42)34-44(22-20-36-13-5-2-6-14-36)46-28-27-45(43)51(47)52(46)48;/h7-14,17-20,23-38H,1-6H3;1-18,23-34H;1H4. The molecule has 0 unspecified atom stereocenters. The van der Waals surface area contributed by atoms with Crippen LogP contribution in [0.1, 0.15) is 105 Å². The highest BCUT2D eigenvalue weighted by molar-refractivity contribution is 6.31. The molecule has 532 valence electrons. The van der Waals surface area contributed by atoms with Crippen LogP contribution in [0.4, 0.5) is 0 Å². The van der Waals surface area contributed by atoms with Crippen LogP contribution < -0.4 is 0 Å². The van der Waals surface area contributed by atoms with Crippen molar-refractivity contribution in [3.05, 3.63) is 407 Å². The first-order valence-electron chi connectivity index (χ1n) is 38.7. The van der Waals surface area contributed by atoms with Gasteiger partial charge in [0.05, 0.1) is 0 Å². The van der Waals surface area contributed by atoms with Crippen LogP contribution in [0.5, 0.6) is 0 Å². The molecule has 0 aliphatic rings. The first kappa shape index (κ1) is 70.4. The van der Waals surface area contributed by atoms with Crippen LogP contribution in [0.25, 0.3) is 152 Å². The molecule has 0 bridgehead atoms. The van der Waals surface area contributed by atoms with Crippen molar-refractivity contribution in [3.63, 3.8) is 0 Å². The lowest BCUT2D eigenvalue weighted by atomic mass is 9.83. The van der Waals surface area contributed by atoms with Crippen LogP contribution in [0.15, 0.2) is 352 Å². The molecule has 0 saturated carbocycles. The number of fused-ring (bicyclic) bond motifs is 4. The van der Waals surface area contributed by atoms with Gasteiger partial charge in [0.25, 0.3) is 0 Å². The van der Waals surface area contributed by atoms with Gasteiger partial charge in [0.1, 0.15) is 0 Å². The molecule has 0 nitrogen and oxygen atoms in total. The maximum absolute atomic E-state index is 3.69. The fourth-order valence-corrected chi connectivity index (χ4v) is 16.5. The van der Waals surface area contributed by atoms with Crippen LogP contribution >= 0.6 is 0 Å². The summed E-state index contributed by atoms with van der Waals surface area (Å²) in [7, 11) is 0. The first-order valence-corrected chi connectivity index (χ1v) is 38.7. The largest absolute Gasteiger partial charge is 0.0776 e. The molecule has 0 atom stereocenters. The molecule has 0 saturated heterocycles. The SMILES string of the molecule is C.C(#Cc1cc(-c2ccc3ccccc3c2)c2ccc3c(-c4ccc5ccccc5c4)cc(C#Cc4ccccc4)c4ccc1c2c43)c1ccccc1.CC(C)(C)c1ccc(C#Cc2cc(-c3ccc4ccccc4c3)c3ccc4c(-c5ccc6ccccc6c5)cc(C#Cc5ccc(C(C)(C)C)cc5)c5ccc2c3c54)cc1. The number of benzene rings is 20. The van der Waals surface area contributed by atoms with Gasteiger partial charge in [-0.05, 0) is 271 Å². The monoisotopic (exact) mass is 1440 g/mol. The molecule has 0 fully saturated rings. The van der Waals surface area contributed by atoms with Crippen molar-refractivity contribution in [2.75, 3.05) is 0 Å². The van der Waals surface area contributed by atoms with E-state index in [4.69, 9.17) is 0 Å². The lowest BCUT2D eigenvalue weighted by Crippen LogP contribution is -2.10. The van der Waals surface area contributed by atoms with E-state index in [2.05, 4.69) is 404 Å². The van der Waals surface area contributed by atoms with Gasteiger partial charge < -0.3 is 0 Å². The van der Waals surface area contributed by atoms with E-state index in [0.717, 1.165) is 66.1 Å². The minimum absolute atomic E-state index is 0. The number of hydrogen-bond donors (Lipinski definition) is 0. The molecule has 0 heterocycles. The summed E-state index contributed by atoms with van der Waals surface area (Å²) in [6.45, 7) is 13.5. The van der Waals surface area contributed by atoms with Gasteiger partial charge in [-0.3, -0.25) is 0 Å². The second kappa shape index (κ2) is 29.0. The van der Waals surface area contributed by atoms with Gasteiger partial charge >= 0.3 is 0 Å². The minimum atomic E-state index is 0. The molecule has 0 N–H and O–H groups in total. The third-order valence-electron chi connectivity index (χ3n) is 22.5. The third-order valence-corrected chi connectivity index (χ3v) is 22.5. The zero-order valence-corrected chi connectivity index (χ0v) is 63.5. The maximum atomic E-state index is 3.69. The van der Waals surface area contributed by atoms with Crippen LogP contribution in [0, 0.1) is 47.4 Å². The topological polar surface area (TPSA) is 0 Å². The summed E-state index contributed by atoms with van der Waals surface area (Å²) in [6.07, 6.45) is 0. The van der Waals surface area contributed by atoms with Crippen molar-refractivity contribution in [1.29, 1.82) is 0 Å². The molecule has 0 aromatic heterocycles. The molecular weight excluding hydrogens is 1360 g/mol. The Bertz CT molecular complexity index is 6970. The van der Waals surface area contributed by atoms with Crippen LogP contribution in [-0.2, 0) is 10.8 Å². The molecule has 0 spiro atoms. The van der Waals surface area contributed by atoms with E-state index >= 15 is 0 Å². The Balaban J connectivity index is 0.000000157. The lowest BCUT2D eigenvalue weighted by Gasteiger charge is -2.19. The van der Waals surface area contributed by atoms with E-state index in [0.29, 0.717) is 0 Å². The van der Waals surface area contributed by atoms with Crippen molar-refractivity contribution in [2.24, 2.45) is 0 Å². The fourth-order valence-electron chi connectivity index (χ4n) is 16.5.